The van der Waals surface area contributed by atoms with E-state index >= 15 is 0 Å². The largest absolute Gasteiger partial charge is 0.349 e. The number of nitrogens with zero attached hydrogens (tertiary/aromatic N) is 1. The Kier molecular flexibility index (Phi) is 5.14. The molecule has 0 unspecified atom stereocenters. The van der Waals surface area contributed by atoms with Gasteiger partial charge in [-0.05, 0) is 31.2 Å². The maximum atomic E-state index is 12.5. The second-order valence-corrected chi connectivity index (χ2v) is 6.23. The number of unbranched alkanes of at least 4 members (excludes halogenated alkanes) is 1. The zero-order valence-corrected chi connectivity index (χ0v) is 13.9. The predicted octanol–water partition coefficient (Wildman–Crippen LogP) is 1.56. The molecule has 7 nitrogen and oxygen atoms in total. The van der Waals surface area contributed by atoms with Gasteiger partial charge in [-0.15, -0.1) is 0 Å². The third-order valence-corrected chi connectivity index (χ3v) is 4.52. The monoisotopic (exact) mass is 343 g/mol. The molecule has 0 bridgehead atoms. The van der Waals surface area contributed by atoms with E-state index in [1.165, 1.54) is 5.56 Å². The number of Topliss-reactive ketones (excluding diaryl/α,β-unsaturated/α-hetero) is 1. The van der Waals surface area contributed by atoms with Crippen LogP contribution in [0.5, 0.6) is 0 Å². The minimum atomic E-state index is -0.629. The third kappa shape index (κ3) is 3.56. The van der Waals surface area contributed by atoms with Crippen LogP contribution in [0.2, 0.25) is 0 Å². The summed E-state index contributed by atoms with van der Waals surface area (Å²) in [4.78, 5) is 35.5. The Morgan fingerprint density at radius 1 is 1.20 bits per heavy atom. The molecule has 0 spiro atoms. The van der Waals surface area contributed by atoms with Crippen molar-refractivity contribution in [2.75, 3.05) is 6.54 Å². The molecule has 25 heavy (non-hydrogen) atoms. The highest BCUT2D eigenvalue weighted by atomic mass is 16.5. The lowest BCUT2D eigenvalue weighted by molar-refractivity contribution is -0.129. The van der Waals surface area contributed by atoms with Gasteiger partial charge in [0, 0.05) is 31.1 Å². The van der Waals surface area contributed by atoms with Gasteiger partial charge in [0.2, 0.25) is 5.91 Å². The van der Waals surface area contributed by atoms with Gasteiger partial charge in [-0.1, -0.05) is 18.2 Å². The first kappa shape index (κ1) is 17.2. The first-order valence-corrected chi connectivity index (χ1v) is 8.48. The summed E-state index contributed by atoms with van der Waals surface area (Å²) in [5.41, 5.74) is 4.27. The number of hydroxylamine groups is 1. The number of benzene rings is 1. The Labute approximate surface area is 145 Å². The first-order chi connectivity index (χ1) is 12.1. The standard InChI is InChI=1S/C18H21N3O4/c22-15(20-25)8-1-2-9-19-18(24)17(23)14-11-21-10-4-6-12-5-3-7-13(14)16(12)21/h3,5,7,11,25H,1-2,4,6,8-10H2,(H,19,24)(H,20,22). The number of amides is 2. The number of ketones is 1. The van der Waals surface area contributed by atoms with Crippen molar-refractivity contribution in [2.45, 2.75) is 38.6 Å². The second kappa shape index (κ2) is 7.48. The minimum absolute atomic E-state index is 0.177. The van der Waals surface area contributed by atoms with Crippen molar-refractivity contribution < 1.29 is 19.6 Å². The van der Waals surface area contributed by atoms with Crippen LogP contribution in [0.15, 0.2) is 24.4 Å². The number of rotatable bonds is 7. The molecule has 2 heterocycles. The molecule has 0 aliphatic carbocycles. The second-order valence-electron chi connectivity index (χ2n) is 6.23. The van der Waals surface area contributed by atoms with E-state index in [4.69, 9.17) is 5.21 Å². The Morgan fingerprint density at radius 3 is 2.84 bits per heavy atom. The van der Waals surface area contributed by atoms with Crippen LogP contribution in [0, 0.1) is 0 Å². The Morgan fingerprint density at radius 2 is 2.04 bits per heavy atom. The highest BCUT2D eigenvalue weighted by Crippen LogP contribution is 2.29. The number of aromatic nitrogens is 1. The van der Waals surface area contributed by atoms with Crippen molar-refractivity contribution in [3.8, 4) is 0 Å². The SMILES string of the molecule is O=C(CCCCNC(=O)C(=O)c1cn2c3c(cccc13)CCC2)NO. The van der Waals surface area contributed by atoms with Gasteiger partial charge >= 0.3 is 0 Å². The molecular formula is C18H21N3O4. The molecule has 3 N–H and O–H groups in total. The van der Waals surface area contributed by atoms with E-state index in [1.54, 1.807) is 11.7 Å². The van der Waals surface area contributed by atoms with E-state index in [-0.39, 0.29) is 6.42 Å². The fourth-order valence-electron chi connectivity index (χ4n) is 3.31. The Balaban J connectivity index is 1.64. The fourth-order valence-corrected chi connectivity index (χ4v) is 3.31. The smallest absolute Gasteiger partial charge is 0.292 e. The van der Waals surface area contributed by atoms with Crippen molar-refractivity contribution >= 4 is 28.5 Å². The highest BCUT2D eigenvalue weighted by molar-refractivity contribution is 6.45. The number of hydrogen-bond acceptors (Lipinski definition) is 4. The average molecular weight is 343 g/mol. The van der Waals surface area contributed by atoms with Gasteiger partial charge in [0.15, 0.2) is 0 Å². The van der Waals surface area contributed by atoms with Crippen molar-refractivity contribution in [1.82, 2.24) is 15.4 Å². The van der Waals surface area contributed by atoms with Gasteiger partial charge in [-0.2, -0.15) is 0 Å². The third-order valence-electron chi connectivity index (χ3n) is 4.52. The van der Waals surface area contributed by atoms with Crippen molar-refractivity contribution in [1.29, 1.82) is 0 Å². The van der Waals surface area contributed by atoms with Crippen molar-refractivity contribution in [2.24, 2.45) is 0 Å². The molecule has 7 heteroatoms. The summed E-state index contributed by atoms with van der Waals surface area (Å²) >= 11 is 0. The van der Waals surface area contributed by atoms with Crippen LogP contribution in [0.25, 0.3) is 10.9 Å². The molecule has 0 atom stereocenters. The normalized spacial score (nSPS) is 12.8. The topological polar surface area (TPSA) is 100 Å². The number of nitrogens with one attached hydrogen (secondary N) is 2. The van der Waals surface area contributed by atoms with E-state index in [1.807, 2.05) is 12.1 Å². The van der Waals surface area contributed by atoms with E-state index in [2.05, 4.69) is 16.0 Å². The van der Waals surface area contributed by atoms with Gasteiger partial charge in [0.25, 0.3) is 11.7 Å². The van der Waals surface area contributed by atoms with Crippen LogP contribution in [0.1, 0.15) is 41.6 Å². The first-order valence-electron chi connectivity index (χ1n) is 8.48. The zero-order chi connectivity index (χ0) is 17.8. The number of aryl methyl sites for hydroxylation is 2. The van der Waals surface area contributed by atoms with Crippen molar-refractivity contribution in [3.63, 3.8) is 0 Å². The van der Waals surface area contributed by atoms with Crippen LogP contribution in [0.4, 0.5) is 0 Å². The molecule has 2 amide bonds. The van der Waals surface area contributed by atoms with Crippen LogP contribution >= 0.6 is 0 Å². The molecule has 1 aliphatic heterocycles. The van der Waals surface area contributed by atoms with Gasteiger partial charge in [-0.3, -0.25) is 19.6 Å². The Hall–Kier alpha value is -2.67. The lowest BCUT2D eigenvalue weighted by atomic mass is 10.0. The molecule has 3 rings (SSSR count). The molecule has 1 aromatic carbocycles. The lowest BCUT2D eigenvalue weighted by Crippen LogP contribution is -2.31. The predicted molar refractivity (Wildman–Crippen MR) is 91.4 cm³/mol. The van der Waals surface area contributed by atoms with Crippen LogP contribution in [-0.2, 0) is 22.6 Å². The van der Waals surface area contributed by atoms with E-state index < -0.39 is 17.6 Å². The summed E-state index contributed by atoms with van der Waals surface area (Å²) in [6.45, 7) is 1.17. The lowest BCUT2D eigenvalue weighted by Gasteiger charge is -2.14. The summed E-state index contributed by atoms with van der Waals surface area (Å²) in [5, 5.41) is 11.8. The molecule has 132 valence electrons. The number of hydrogen-bond donors (Lipinski definition) is 3. The molecule has 1 aromatic heterocycles. The molecule has 0 saturated heterocycles. The van der Waals surface area contributed by atoms with Crippen LogP contribution in [0.3, 0.4) is 0 Å². The van der Waals surface area contributed by atoms with E-state index in [0.29, 0.717) is 24.9 Å². The molecule has 0 saturated carbocycles. The zero-order valence-electron chi connectivity index (χ0n) is 13.9. The molecule has 0 radical (unpaired) electrons. The summed E-state index contributed by atoms with van der Waals surface area (Å²) in [6, 6.07) is 5.87. The number of carbonyl (C=O) groups is 3. The van der Waals surface area contributed by atoms with Crippen LogP contribution < -0.4 is 10.8 Å². The van der Waals surface area contributed by atoms with Gasteiger partial charge in [0.1, 0.15) is 0 Å². The maximum absolute atomic E-state index is 12.5. The van der Waals surface area contributed by atoms with E-state index in [9.17, 15) is 14.4 Å². The molecular weight excluding hydrogens is 322 g/mol. The fraction of sp³-hybridized carbons (Fsp3) is 0.389. The van der Waals surface area contributed by atoms with Gasteiger partial charge in [0.05, 0.1) is 11.1 Å². The summed E-state index contributed by atoms with van der Waals surface area (Å²) in [7, 11) is 0. The number of para-hydroxylation sites is 1. The summed E-state index contributed by atoms with van der Waals surface area (Å²) in [6.07, 6.45) is 5.05. The van der Waals surface area contributed by atoms with Gasteiger partial charge < -0.3 is 9.88 Å². The quantitative estimate of drug-likeness (QED) is 0.233. The summed E-state index contributed by atoms with van der Waals surface area (Å²) < 4.78 is 2.06. The number of carbonyl (C=O) groups excluding carboxylic acids is 3. The van der Waals surface area contributed by atoms with Crippen LogP contribution in [-0.4, -0.2) is 33.9 Å². The minimum Gasteiger partial charge on any atom is -0.349 e. The van der Waals surface area contributed by atoms with Gasteiger partial charge in [-0.25, -0.2) is 5.48 Å². The maximum Gasteiger partial charge on any atom is 0.292 e. The van der Waals surface area contributed by atoms with Crippen molar-refractivity contribution in [3.05, 3.63) is 35.5 Å². The highest BCUT2D eigenvalue weighted by Gasteiger charge is 2.23. The molecule has 2 aromatic rings. The average Bonchev–Trinajstić information content (AvgIpc) is 3.01. The molecule has 1 aliphatic rings. The van der Waals surface area contributed by atoms with E-state index in [0.717, 1.165) is 30.3 Å². The molecule has 0 fully saturated rings. The summed E-state index contributed by atoms with van der Waals surface area (Å²) in [5.74, 6) is -1.62. The Bertz CT molecular complexity index is 825.